The first-order chi connectivity index (χ1) is 8.65. The minimum Gasteiger partial charge on any atom is -0.494 e. The second-order valence-electron chi connectivity index (χ2n) is 4.07. The van der Waals surface area contributed by atoms with E-state index in [2.05, 4.69) is 34.1 Å². The first-order valence-electron chi connectivity index (χ1n) is 5.75. The van der Waals surface area contributed by atoms with E-state index in [1.807, 2.05) is 18.2 Å². The zero-order chi connectivity index (χ0) is 13.0. The summed E-state index contributed by atoms with van der Waals surface area (Å²) >= 11 is 8.28. The summed E-state index contributed by atoms with van der Waals surface area (Å²) in [5.41, 5.74) is 5.43. The first-order valence-corrected chi connectivity index (χ1v) is 6.96. The summed E-state index contributed by atoms with van der Waals surface area (Å²) in [6.07, 6.45) is 1.59. The van der Waals surface area contributed by atoms with Crippen LogP contribution >= 0.6 is 28.1 Å². The van der Waals surface area contributed by atoms with Crippen molar-refractivity contribution in [3.05, 3.63) is 40.9 Å². The molecule has 18 heavy (non-hydrogen) atoms. The highest BCUT2D eigenvalue weighted by Crippen LogP contribution is 2.24. The summed E-state index contributed by atoms with van der Waals surface area (Å²) < 4.78 is 6.75. The molecule has 0 aliphatic rings. The Hall–Kier alpha value is -1.13. The van der Waals surface area contributed by atoms with E-state index < -0.39 is 0 Å². The standard InChI is InChI=1S/C14H14BrNOS/c15-12-5-3-11-9-13(6-4-10(11)8-12)17-7-1-2-14(16)18/h3-6,8-9H,1-2,7H2,(H2,16,18). The van der Waals surface area contributed by atoms with Crippen molar-refractivity contribution in [3.63, 3.8) is 0 Å². The fourth-order valence-corrected chi connectivity index (χ4v) is 2.24. The van der Waals surface area contributed by atoms with Gasteiger partial charge in [-0.05, 0) is 41.5 Å². The molecule has 94 valence electrons. The van der Waals surface area contributed by atoms with E-state index in [9.17, 15) is 0 Å². The van der Waals surface area contributed by atoms with Gasteiger partial charge < -0.3 is 10.5 Å². The largest absolute Gasteiger partial charge is 0.494 e. The Morgan fingerprint density at radius 1 is 1.17 bits per heavy atom. The van der Waals surface area contributed by atoms with Crippen LogP contribution in [0, 0.1) is 0 Å². The maximum absolute atomic E-state index is 5.67. The third-order valence-electron chi connectivity index (χ3n) is 2.61. The summed E-state index contributed by atoms with van der Waals surface area (Å²) in [5, 5.41) is 2.37. The summed E-state index contributed by atoms with van der Waals surface area (Å²) in [6, 6.07) is 12.3. The predicted octanol–water partition coefficient (Wildman–Crippen LogP) is 4.05. The highest BCUT2D eigenvalue weighted by Gasteiger charge is 1.99. The summed E-state index contributed by atoms with van der Waals surface area (Å²) in [7, 11) is 0. The third-order valence-corrected chi connectivity index (χ3v) is 3.31. The van der Waals surface area contributed by atoms with Crippen molar-refractivity contribution in [1.82, 2.24) is 0 Å². The van der Waals surface area contributed by atoms with Gasteiger partial charge >= 0.3 is 0 Å². The van der Waals surface area contributed by atoms with Gasteiger partial charge in [-0.1, -0.05) is 40.3 Å². The fourth-order valence-electron chi connectivity index (χ4n) is 1.72. The van der Waals surface area contributed by atoms with Gasteiger partial charge in [-0.3, -0.25) is 0 Å². The predicted molar refractivity (Wildman–Crippen MR) is 83.2 cm³/mol. The molecule has 0 aromatic heterocycles. The van der Waals surface area contributed by atoms with E-state index in [4.69, 9.17) is 22.7 Å². The van der Waals surface area contributed by atoms with E-state index in [0.717, 1.165) is 23.1 Å². The van der Waals surface area contributed by atoms with Gasteiger partial charge in [0.25, 0.3) is 0 Å². The Kier molecular flexibility index (Phi) is 4.55. The average Bonchev–Trinajstić information content (AvgIpc) is 2.34. The fraction of sp³-hybridized carbons (Fsp3) is 0.214. The van der Waals surface area contributed by atoms with E-state index in [-0.39, 0.29) is 0 Å². The van der Waals surface area contributed by atoms with Crippen LogP contribution in [0.2, 0.25) is 0 Å². The van der Waals surface area contributed by atoms with Crippen LogP contribution in [-0.2, 0) is 0 Å². The third kappa shape index (κ3) is 3.68. The van der Waals surface area contributed by atoms with Crippen molar-refractivity contribution in [2.45, 2.75) is 12.8 Å². The van der Waals surface area contributed by atoms with Gasteiger partial charge in [0.15, 0.2) is 0 Å². The maximum atomic E-state index is 5.67. The first kappa shape index (κ1) is 13.3. The molecule has 2 nitrogen and oxygen atoms in total. The van der Waals surface area contributed by atoms with Gasteiger partial charge in [-0.15, -0.1) is 0 Å². The smallest absolute Gasteiger partial charge is 0.119 e. The Morgan fingerprint density at radius 3 is 2.67 bits per heavy atom. The number of rotatable bonds is 5. The number of fused-ring (bicyclic) bond motifs is 1. The van der Waals surface area contributed by atoms with Crippen LogP contribution in [0.25, 0.3) is 10.8 Å². The number of thiocarbonyl (C=S) groups is 1. The number of nitrogens with two attached hydrogens (primary N) is 1. The number of hydrogen-bond acceptors (Lipinski definition) is 2. The Morgan fingerprint density at radius 2 is 1.89 bits per heavy atom. The highest BCUT2D eigenvalue weighted by atomic mass is 79.9. The molecule has 0 bridgehead atoms. The van der Waals surface area contributed by atoms with Crippen LogP contribution in [0.15, 0.2) is 40.9 Å². The molecule has 0 atom stereocenters. The molecule has 2 N–H and O–H groups in total. The SMILES string of the molecule is NC(=S)CCCOc1ccc2cc(Br)ccc2c1. The summed E-state index contributed by atoms with van der Waals surface area (Å²) in [6.45, 7) is 0.638. The normalized spacial score (nSPS) is 10.5. The van der Waals surface area contributed by atoms with E-state index in [0.29, 0.717) is 11.6 Å². The van der Waals surface area contributed by atoms with Crippen molar-refractivity contribution in [2.75, 3.05) is 6.61 Å². The van der Waals surface area contributed by atoms with Gasteiger partial charge in [0.1, 0.15) is 5.75 Å². The number of benzene rings is 2. The topological polar surface area (TPSA) is 35.2 Å². The summed E-state index contributed by atoms with van der Waals surface area (Å²) in [5.74, 6) is 0.882. The molecule has 0 aliphatic carbocycles. The van der Waals surface area contributed by atoms with Crippen LogP contribution in [0.3, 0.4) is 0 Å². The molecule has 0 spiro atoms. The summed E-state index contributed by atoms with van der Waals surface area (Å²) in [4.78, 5) is 0.543. The molecule has 0 fully saturated rings. The zero-order valence-corrected chi connectivity index (χ0v) is 12.3. The second-order valence-corrected chi connectivity index (χ2v) is 5.51. The number of ether oxygens (including phenoxy) is 1. The molecule has 0 heterocycles. The Bertz CT molecular complexity index is 571. The minimum atomic E-state index is 0.543. The molecule has 0 saturated heterocycles. The molecule has 4 heteroatoms. The molecule has 2 aromatic carbocycles. The second kappa shape index (κ2) is 6.16. The average molecular weight is 324 g/mol. The molecule has 0 saturated carbocycles. The molecule has 2 aromatic rings. The lowest BCUT2D eigenvalue weighted by Crippen LogP contribution is -2.09. The van der Waals surface area contributed by atoms with E-state index in [1.165, 1.54) is 10.8 Å². The van der Waals surface area contributed by atoms with Crippen LogP contribution in [-0.4, -0.2) is 11.6 Å². The maximum Gasteiger partial charge on any atom is 0.119 e. The van der Waals surface area contributed by atoms with Crippen LogP contribution in [0.4, 0.5) is 0 Å². The van der Waals surface area contributed by atoms with Crippen molar-refractivity contribution >= 4 is 43.9 Å². The molecule has 0 radical (unpaired) electrons. The Labute approximate surface area is 120 Å². The van der Waals surface area contributed by atoms with E-state index in [1.54, 1.807) is 0 Å². The zero-order valence-electron chi connectivity index (χ0n) is 9.86. The van der Waals surface area contributed by atoms with Crippen molar-refractivity contribution < 1.29 is 4.74 Å². The van der Waals surface area contributed by atoms with Gasteiger partial charge in [0.05, 0.1) is 11.6 Å². The molecular weight excluding hydrogens is 310 g/mol. The lowest BCUT2D eigenvalue weighted by Gasteiger charge is -2.07. The van der Waals surface area contributed by atoms with Crippen molar-refractivity contribution in [3.8, 4) is 5.75 Å². The molecule has 0 amide bonds. The van der Waals surface area contributed by atoms with Gasteiger partial charge in [-0.2, -0.15) is 0 Å². The number of hydrogen-bond donors (Lipinski definition) is 1. The molecule has 2 rings (SSSR count). The molecule has 0 aliphatic heterocycles. The van der Waals surface area contributed by atoms with Crippen LogP contribution < -0.4 is 10.5 Å². The van der Waals surface area contributed by atoms with Crippen molar-refractivity contribution in [1.29, 1.82) is 0 Å². The highest BCUT2D eigenvalue weighted by molar-refractivity contribution is 9.10. The van der Waals surface area contributed by atoms with Gasteiger partial charge in [0, 0.05) is 10.9 Å². The van der Waals surface area contributed by atoms with Crippen molar-refractivity contribution in [2.24, 2.45) is 5.73 Å². The lowest BCUT2D eigenvalue weighted by molar-refractivity contribution is 0.314. The monoisotopic (exact) mass is 323 g/mol. The minimum absolute atomic E-state index is 0.543. The lowest BCUT2D eigenvalue weighted by atomic mass is 10.1. The van der Waals surface area contributed by atoms with E-state index >= 15 is 0 Å². The van der Waals surface area contributed by atoms with Gasteiger partial charge in [-0.25, -0.2) is 0 Å². The molecular formula is C14H14BrNOS. The van der Waals surface area contributed by atoms with Crippen LogP contribution in [0.1, 0.15) is 12.8 Å². The van der Waals surface area contributed by atoms with Crippen LogP contribution in [0.5, 0.6) is 5.75 Å². The Balaban J connectivity index is 2.01. The van der Waals surface area contributed by atoms with Gasteiger partial charge in [0.2, 0.25) is 0 Å². The number of halogens is 1. The quantitative estimate of drug-likeness (QED) is 0.666. The molecule has 0 unspecified atom stereocenters.